The van der Waals surface area contributed by atoms with Crippen molar-refractivity contribution in [1.29, 1.82) is 0 Å². The molecule has 2 aliphatic rings. The molecule has 5 nitrogen and oxygen atoms in total. The summed E-state index contributed by atoms with van der Waals surface area (Å²) in [4.78, 5) is 21.0. The number of amides is 1. The molecule has 1 amide bonds. The monoisotopic (exact) mass is 499 g/mol. The van der Waals surface area contributed by atoms with Crippen molar-refractivity contribution in [2.24, 2.45) is 4.99 Å². The van der Waals surface area contributed by atoms with E-state index in [2.05, 4.69) is 56.5 Å². The number of para-hydroxylation sites is 2. The molecule has 0 aliphatic carbocycles. The summed E-state index contributed by atoms with van der Waals surface area (Å²) in [7, 11) is 0. The van der Waals surface area contributed by atoms with Gasteiger partial charge in [0.2, 0.25) is 0 Å². The highest BCUT2D eigenvalue weighted by atomic mass is 32.2. The summed E-state index contributed by atoms with van der Waals surface area (Å²) >= 11 is 1.45. The average Bonchev–Trinajstić information content (AvgIpc) is 3.56. The van der Waals surface area contributed by atoms with Gasteiger partial charge in [-0.1, -0.05) is 43.3 Å². The number of ether oxygens (including phenoxy) is 1. The summed E-state index contributed by atoms with van der Waals surface area (Å²) in [5.74, 6) is 0.000114. The van der Waals surface area contributed by atoms with Crippen molar-refractivity contribution in [2.75, 3.05) is 13.2 Å². The van der Waals surface area contributed by atoms with Crippen molar-refractivity contribution in [1.82, 2.24) is 9.47 Å². The molecule has 2 saturated heterocycles. The van der Waals surface area contributed by atoms with Gasteiger partial charge in [0, 0.05) is 18.0 Å². The molecule has 3 heterocycles. The quantitative estimate of drug-likeness (QED) is 0.353. The molecule has 0 unspecified atom stereocenters. The first-order valence-electron chi connectivity index (χ1n) is 12.7. The molecule has 0 N–H and O–H groups in total. The van der Waals surface area contributed by atoms with Crippen LogP contribution in [0.3, 0.4) is 0 Å². The van der Waals surface area contributed by atoms with E-state index in [1.54, 1.807) is 4.90 Å². The summed E-state index contributed by atoms with van der Waals surface area (Å²) < 4.78 is 8.18. The SMILES string of the molecule is CCc1cccc(C)c1-n1c(C)cc(/C=C2\SC(=Nc3ccccc3)N(C[C@H]3CCCO3)C2=O)c1C. The molecule has 0 spiro atoms. The predicted molar refractivity (Wildman–Crippen MR) is 149 cm³/mol. The maximum Gasteiger partial charge on any atom is 0.266 e. The van der Waals surface area contributed by atoms with Crippen molar-refractivity contribution >= 4 is 34.6 Å². The van der Waals surface area contributed by atoms with Crippen LogP contribution in [-0.2, 0) is 16.0 Å². The number of carbonyl (C=O) groups excluding carboxylic acids is 1. The third-order valence-electron chi connectivity index (χ3n) is 6.96. The number of aromatic nitrogens is 1. The summed E-state index contributed by atoms with van der Waals surface area (Å²) in [5.41, 5.74) is 8.02. The highest BCUT2D eigenvalue weighted by molar-refractivity contribution is 8.18. The second kappa shape index (κ2) is 10.5. The fraction of sp³-hybridized carbons (Fsp3) is 0.333. The third-order valence-corrected chi connectivity index (χ3v) is 7.97. The first-order chi connectivity index (χ1) is 17.5. The van der Waals surface area contributed by atoms with Gasteiger partial charge in [0.05, 0.1) is 28.9 Å². The Morgan fingerprint density at radius 2 is 1.92 bits per heavy atom. The lowest BCUT2D eigenvalue weighted by atomic mass is 10.1. The molecule has 3 aromatic rings. The van der Waals surface area contributed by atoms with Crippen molar-refractivity contribution in [3.63, 3.8) is 0 Å². The Bertz CT molecular complexity index is 1330. The largest absolute Gasteiger partial charge is 0.376 e. The van der Waals surface area contributed by atoms with E-state index in [0.717, 1.165) is 48.5 Å². The minimum atomic E-state index is 0.000114. The van der Waals surface area contributed by atoms with Crippen LogP contribution in [0.1, 0.15) is 47.8 Å². The van der Waals surface area contributed by atoms with E-state index < -0.39 is 0 Å². The van der Waals surface area contributed by atoms with E-state index >= 15 is 0 Å². The van der Waals surface area contributed by atoms with Crippen LogP contribution < -0.4 is 0 Å². The number of nitrogens with zero attached hydrogens (tertiary/aromatic N) is 3. The van der Waals surface area contributed by atoms with Crippen molar-refractivity contribution in [2.45, 2.75) is 53.1 Å². The summed E-state index contributed by atoms with van der Waals surface area (Å²) in [6.07, 6.45) is 5.08. The van der Waals surface area contributed by atoms with Crippen molar-refractivity contribution < 1.29 is 9.53 Å². The van der Waals surface area contributed by atoms with Gasteiger partial charge in [0.25, 0.3) is 5.91 Å². The van der Waals surface area contributed by atoms with Crippen LogP contribution in [0.5, 0.6) is 0 Å². The summed E-state index contributed by atoms with van der Waals surface area (Å²) in [6, 6.07) is 18.5. The molecule has 5 rings (SSSR count). The lowest BCUT2D eigenvalue weighted by Crippen LogP contribution is -2.36. The maximum atomic E-state index is 13.6. The Hall–Kier alpha value is -3.09. The highest BCUT2D eigenvalue weighted by Crippen LogP contribution is 2.36. The zero-order chi connectivity index (χ0) is 25.2. The van der Waals surface area contributed by atoms with E-state index in [0.29, 0.717) is 16.6 Å². The van der Waals surface area contributed by atoms with Crippen LogP contribution in [0.25, 0.3) is 11.8 Å². The maximum absolute atomic E-state index is 13.6. The van der Waals surface area contributed by atoms with Gasteiger partial charge >= 0.3 is 0 Å². The van der Waals surface area contributed by atoms with Crippen LogP contribution in [0.4, 0.5) is 5.69 Å². The Kier molecular flexibility index (Phi) is 7.17. The molecule has 1 aromatic heterocycles. The smallest absolute Gasteiger partial charge is 0.266 e. The normalized spacial score (nSPS) is 20.3. The van der Waals surface area contributed by atoms with Crippen LogP contribution >= 0.6 is 11.8 Å². The number of amidine groups is 1. The fourth-order valence-corrected chi connectivity index (χ4v) is 6.10. The second-order valence-electron chi connectivity index (χ2n) is 9.49. The Morgan fingerprint density at radius 3 is 2.64 bits per heavy atom. The molecule has 2 aromatic carbocycles. The predicted octanol–water partition coefficient (Wildman–Crippen LogP) is 6.75. The molecular formula is C30H33N3O2S. The van der Waals surface area contributed by atoms with Crippen molar-refractivity contribution in [3.8, 4) is 5.69 Å². The standard InChI is InChI=1S/C30H33N3O2S/c1-5-23-12-9-11-20(2)28(23)33-21(3)17-24(22(33)4)18-27-29(34)32(19-26-15-10-16-35-26)30(36-27)31-25-13-7-6-8-14-25/h6-9,11-14,17-18,26H,5,10,15-16,19H2,1-4H3/b27-18-,31-30?/t26-/m1/s1. The summed E-state index contributed by atoms with van der Waals surface area (Å²) in [5, 5.41) is 0.717. The number of rotatable bonds is 6. The van der Waals surface area contributed by atoms with Gasteiger partial charge in [-0.15, -0.1) is 0 Å². The van der Waals surface area contributed by atoms with Gasteiger partial charge in [-0.2, -0.15) is 0 Å². The van der Waals surface area contributed by atoms with E-state index in [4.69, 9.17) is 9.73 Å². The van der Waals surface area contributed by atoms with Gasteiger partial charge < -0.3 is 9.30 Å². The molecular weight excluding hydrogens is 466 g/mol. The van der Waals surface area contributed by atoms with Gasteiger partial charge in [-0.05, 0) is 92.8 Å². The van der Waals surface area contributed by atoms with Crippen LogP contribution in [0.2, 0.25) is 0 Å². The number of aliphatic imine (C=N–C) groups is 1. The molecule has 2 aliphatic heterocycles. The molecule has 1 atom stereocenters. The molecule has 0 radical (unpaired) electrons. The first-order valence-corrected chi connectivity index (χ1v) is 13.5. The second-order valence-corrected chi connectivity index (χ2v) is 10.5. The highest BCUT2D eigenvalue weighted by Gasteiger charge is 2.36. The van der Waals surface area contributed by atoms with Gasteiger partial charge in [-0.25, -0.2) is 4.99 Å². The number of thioether (sulfide) groups is 1. The zero-order valence-electron chi connectivity index (χ0n) is 21.5. The number of hydrogen-bond donors (Lipinski definition) is 0. The number of carbonyl (C=O) groups is 1. The number of benzene rings is 2. The average molecular weight is 500 g/mol. The Balaban J connectivity index is 1.52. The van der Waals surface area contributed by atoms with Crippen LogP contribution in [0.15, 0.2) is 64.5 Å². The Labute approximate surface area is 217 Å². The molecule has 6 heteroatoms. The topological polar surface area (TPSA) is 46.8 Å². The molecule has 36 heavy (non-hydrogen) atoms. The lowest BCUT2D eigenvalue weighted by molar-refractivity contribution is -0.123. The molecule has 0 saturated carbocycles. The third kappa shape index (κ3) is 4.80. The lowest BCUT2D eigenvalue weighted by Gasteiger charge is -2.19. The zero-order valence-corrected chi connectivity index (χ0v) is 22.3. The van der Waals surface area contributed by atoms with Gasteiger partial charge in [-0.3, -0.25) is 9.69 Å². The molecule has 0 bridgehead atoms. The Morgan fingerprint density at radius 1 is 1.11 bits per heavy atom. The van der Waals surface area contributed by atoms with E-state index in [-0.39, 0.29) is 12.0 Å². The fourth-order valence-electron chi connectivity index (χ4n) is 5.10. The van der Waals surface area contributed by atoms with Gasteiger partial charge in [0.15, 0.2) is 5.17 Å². The molecule has 186 valence electrons. The first kappa shape index (κ1) is 24.6. The minimum Gasteiger partial charge on any atom is -0.376 e. The van der Waals surface area contributed by atoms with E-state index in [1.165, 1.54) is 28.6 Å². The van der Waals surface area contributed by atoms with E-state index in [1.807, 2.05) is 36.4 Å². The number of aryl methyl sites for hydroxylation is 3. The molecule has 2 fully saturated rings. The number of hydrogen-bond acceptors (Lipinski definition) is 4. The van der Waals surface area contributed by atoms with Crippen LogP contribution in [0, 0.1) is 20.8 Å². The minimum absolute atomic E-state index is 0.000114. The van der Waals surface area contributed by atoms with Crippen LogP contribution in [-0.4, -0.2) is 39.8 Å². The van der Waals surface area contributed by atoms with Crippen molar-refractivity contribution in [3.05, 3.63) is 87.6 Å². The van der Waals surface area contributed by atoms with Gasteiger partial charge in [0.1, 0.15) is 0 Å². The van der Waals surface area contributed by atoms with E-state index in [9.17, 15) is 4.79 Å². The summed E-state index contributed by atoms with van der Waals surface area (Å²) in [6.45, 7) is 9.93.